The molecule has 212 valence electrons. The van der Waals surface area contributed by atoms with Gasteiger partial charge >= 0.3 is 0 Å². The summed E-state index contributed by atoms with van der Waals surface area (Å²) in [6, 6.07) is 46.7. The Bertz CT molecular complexity index is 2800. The van der Waals surface area contributed by atoms with Gasteiger partial charge in [0.25, 0.3) is 0 Å². The van der Waals surface area contributed by atoms with Gasteiger partial charge in [0, 0.05) is 70.2 Å². The minimum Gasteiger partial charge on any atom is -0.456 e. The monoisotopic (exact) mass is 615 g/mol. The molecule has 0 bridgehead atoms. The highest BCUT2D eigenvalue weighted by Gasteiger charge is 2.21. The molecule has 7 aromatic carbocycles. The lowest BCUT2D eigenvalue weighted by atomic mass is 10.0. The third-order valence-corrected chi connectivity index (χ3v) is 10.3. The molecule has 0 saturated carbocycles. The summed E-state index contributed by atoms with van der Waals surface area (Å²) in [5.41, 5.74) is 6.22. The zero-order chi connectivity index (χ0) is 29.6. The highest BCUT2D eigenvalue weighted by atomic mass is 35.5. The van der Waals surface area contributed by atoms with E-state index in [2.05, 4.69) is 102 Å². The number of halogens is 1. The van der Waals surface area contributed by atoms with Crippen molar-refractivity contribution in [1.29, 1.82) is 0 Å². The Morgan fingerprint density at radius 3 is 2.07 bits per heavy atom. The van der Waals surface area contributed by atoms with Crippen LogP contribution in [0.4, 0.5) is 17.1 Å². The van der Waals surface area contributed by atoms with Crippen molar-refractivity contribution >= 4 is 115 Å². The number of hydrogen-bond donors (Lipinski definition) is 0. The summed E-state index contributed by atoms with van der Waals surface area (Å²) < 4.78 is 15.3. The van der Waals surface area contributed by atoms with E-state index >= 15 is 0 Å². The summed E-state index contributed by atoms with van der Waals surface area (Å²) in [6.45, 7) is 0. The van der Waals surface area contributed by atoms with E-state index in [1.807, 2.05) is 47.7 Å². The molecule has 10 rings (SSSR count). The van der Waals surface area contributed by atoms with E-state index in [1.54, 1.807) is 0 Å². The van der Waals surface area contributed by atoms with Crippen molar-refractivity contribution in [2.24, 2.45) is 0 Å². The maximum absolute atomic E-state index is 7.07. The van der Waals surface area contributed by atoms with Gasteiger partial charge in [-0.25, -0.2) is 0 Å². The molecule has 0 saturated heterocycles. The van der Waals surface area contributed by atoms with Crippen LogP contribution in [-0.2, 0) is 0 Å². The molecular weight excluding hydrogens is 594 g/mol. The van der Waals surface area contributed by atoms with Crippen LogP contribution in [-0.4, -0.2) is 0 Å². The smallest absolute Gasteiger partial charge is 0.154 e. The van der Waals surface area contributed by atoms with E-state index < -0.39 is 0 Å². The quantitative estimate of drug-likeness (QED) is 0.198. The van der Waals surface area contributed by atoms with Gasteiger partial charge in [-0.1, -0.05) is 78.3 Å². The van der Waals surface area contributed by atoms with Gasteiger partial charge < -0.3 is 13.7 Å². The second-order valence-electron chi connectivity index (χ2n) is 11.5. The molecule has 0 unspecified atom stereocenters. The predicted molar refractivity (Wildman–Crippen MR) is 191 cm³/mol. The first-order valence-electron chi connectivity index (χ1n) is 14.9. The van der Waals surface area contributed by atoms with E-state index in [9.17, 15) is 0 Å². The fraction of sp³-hybridized carbons (Fsp3) is 0. The van der Waals surface area contributed by atoms with Gasteiger partial charge in [0.2, 0.25) is 0 Å². The van der Waals surface area contributed by atoms with Gasteiger partial charge in [-0.2, -0.15) is 0 Å². The van der Waals surface area contributed by atoms with Crippen molar-refractivity contribution in [3.63, 3.8) is 0 Å². The van der Waals surface area contributed by atoms with Crippen LogP contribution < -0.4 is 4.90 Å². The van der Waals surface area contributed by atoms with Crippen LogP contribution in [0.1, 0.15) is 0 Å². The van der Waals surface area contributed by atoms with Crippen molar-refractivity contribution < 1.29 is 8.83 Å². The van der Waals surface area contributed by atoms with Crippen LogP contribution in [0, 0.1) is 0 Å². The molecule has 0 radical (unpaired) electrons. The summed E-state index contributed by atoms with van der Waals surface area (Å²) in [5, 5.41) is 9.49. The summed E-state index contributed by atoms with van der Waals surface area (Å²) in [6.07, 6.45) is 0. The highest BCUT2D eigenvalue weighted by Crippen LogP contribution is 2.45. The number of benzene rings is 7. The zero-order valence-corrected chi connectivity index (χ0v) is 25.3. The van der Waals surface area contributed by atoms with Crippen LogP contribution in [0.5, 0.6) is 0 Å². The van der Waals surface area contributed by atoms with Crippen LogP contribution in [0.3, 0.4) is 0 Å². The highest BCUT2D eigenvalue weighted by molar-refractivity contribution is 7.25. The molecule has 0 atom stereocenters. The minimum atomic E-state index is 0.569. The Labute approximate surface area is 266 Å². The largest absolute Gasteiger partial charge is 0.456 e. The van der Waals surface area contributed by atoms with Crippen LogP contribution in [0.25, 0.3) is 74.8 Å². The van der Waals surface area contributed by atoms with Gasteiger partial charge in [0.15, 0.2) is 5.58 Å². The molecule has 0 aliphatic carbocycles. The fourth-order valence-electron chi connectivity index (χ4n) is 6.83. The molecule has 0 amide bonds. The standard InChI is InChI=1S/C40H22ClNO2S/c41-34-21-26(20-33-31-16-13-23-7-1-2-8-27(23)39(31)44-40(33)34)42(24-15-18-38-32(19-24)30-10-4-6-12-37(30)45-38)25-14-17-29-28-9-3-5-11-35(28)43-36(29)22-25/h1-22H. The van der Waals surface area contributed by atoms with Gasteiger partial charge in [-0.15, -0.1) is 11.3 Å². The molecule has 3 heterocycles. The maximum Gasteiger partial charge on any atom is 0.154 e. The van der Waals surface area contributed by atoms with Gasteiger partial charge in [-0.05, 0) is 66.0 Å². The minimum absolute atomic E-state index is 0.569. The Kier molecular flexibility index (Phi) is 5.21. The second kappa shape index (κ2) is 9.35. The van der Waals surface area contributed by atoms with Crippen LogP contribution >= 0.6 is 22.9 Å². The molecule has 0 fully saturated rings. The molecule has 3 aromatic heterocycles. The number of fused-ring (bicyclic) bond motifs is 11. The van der Waals surface area contributed by atoms with Crippen molar-refractivity contribution in [3.8, 4) is 0 Å². The number of hydrogen-bond acceptors (Lipinski definition) is 4. The molecular formula is C40H22ClNO2S. The summed E-state index contributed by atoms with van der Waals surface area (Å²) >= 11 is 8.89. The zero-order valence-electron chi connectivity index (χ0n) is 23.8. The number of nitrogens with zero attached hydrogens (tertiary/aromatic N) is 1. The van der Waals surface area contributed by atoms with E-state index in [1.165, 1.54) is 20.2 Å². The van der Waals surface area contributed by atoms with Crippen molar-refractivity contribution in [1.82, 2.24) is 0 Å². The number of furan rings is 2. The van der Waals surface area contributed by atoms with Crippen molar-refractivity contribution in [2.45, 2.75) is 0 Å². The lowest BCUT2D eigenvalue weighted by molar-refractivity contribution is 0.669. The summed E-state index contributed by atoms with van der Waals surface area (Å²) in [4.78, 5) is 2.27. The van der Waals surface area contributed by atoms with Crippen LogP contribution in [0.2, 0.25) is 5.02 Å². The summed E-state index contributed by atoms with van der Waals surface area (Å²) in [5.74, 6) is 0. The van der Waals surface area contributed by atoms with Gasteiger partial charge in [-0.3, -0.25) is 0 Å². The molecule has 0 aliphatic heterocycles. The molecule has 45 heavy (non-hydrogen) atoms. The Balaban J connectivity index is 1.25. The van der Waals surface area contributed by atoms with Crippen molar-refractivity contribution in [2.75, 3.05) is 4.90 Å². The SMILES string of the molecule is Clc1cc(N(c2ccc3c(c2)oc2ccccc23)c2ccc3sc4ccccc4c3c2)cc2c1oc1c3ccccc3ccc21. The van der Waals surface area contributed by atoms with E-state index in [-0.39, 0.29) is 0 Å². The van der Waals surface area contributed by atoms with Crippen LogP contribution in [0.15, 0.2) is 142 Å². The second-order valence-corrected chi connectivity index (χ2v) is 13.0. The average molecular weight is 616 g/mol. The number of rotatable bonds is 3. The molecule has 3 nitrogen and oxygen atoms in total. The average Bonchev–Trinajstić information content (AvgIpc) is 3.76. The number of anilines is 3. The van der Waals surface area contributed by atoms with Crippen molar-refractivity contribution in [3.05, 3.63) is 138 Å². The molecule has 5 heteroatoms. The molecule has 0 spiro atoms. The van der Waals surface area contributed by atoms with E-state index in [0.29, 0.717) is 10.6 Å². The van der Waals surface area contributed by atoms with E-state index in [0.717, 1.165) is 66.1 Å². The molecule has 0 N–H and O–H groups in total. The Hall–Kier alpha value is -5.29. The first kappa shape index (κ1) is 25.1. The fourth-order valence-corrected chi connectivity index (χ4v) is 8.17. The Morgan fingerprint density at radius 2 is 1.13 bits per heavy atom. The van der Waals surface area contributed by atoms with Gasteiger partial charge in [0.1, 0.15) is 16.7 Å². The number of para-hydroxylation sites is 1. The first-order chi connectivity index (χ1) is 22.2. The third kappa shape index (κ3) is 3.70. The number of thiophene rings is 1. The van der Waals surface area contributed by atoms with Gasteiger partial charge in [0.05, 0.1) is 5.02 Å². The normalized spacial score (nSPS) is 12.1. The first-order valence-corrected chi connectivity index (χ1v) is 16.1. The topological polar surface area (TPSA) is 29.5 Å². The lowest BCUT2D eigenvalue weighted by Crippen LogP contribution is -2.09. The lowest BCUT2D eigenvalue weighted by Gasteiger charge is -2.26. The third-order valence-electron chi connectivity index (χ3n) is 8.90. The maximum atomic E-state index is 7.07. The molecule has 10 aromatic rings. The molecule has 0 aliphatic rings. The summed E-state index contributed by atoms with van der Waals surface area (Å²) in [7, 11) is 0. The Morgan fingerprint density at radius 1 is 0.444 bits per heavy atom. The van der Waals surface area contributed by atoms with E-state index in [4.69, 9.17) is 20.4 Å². The predicted octanol–water partition coefficient (Wildman–Crippen LogP) is 13.1.